The van der Waals surface area contributed by atoms with E-state index in [2.05, 4.69) is 10.1 Å². The molecule has 0 amide bonds. The molecule has 140 valence electrons. The summed E-state index contributed by atoms with van der Waals surface area (Å²) in [6, 6.07) is 9.73. The summed E-state index contributed by atoms with van der Waals surface area (Å²) < 4.78 is 36.8. The zero-order valence-corrected chi connectivity index (χ0v) is 15.3. The minimum absolute atomic E-state index is 0.186. The second-order valence-corrected chi connectivity index (χ2v) is 6.47. The molecule has 0 saturated carbocycles. The van der Waals surface area contributed by atoms with E-state index in [0.717, 1.165) is 17.4 Å². The van der Waals surface area contributed by atoms with Gasteiger partial charge in [0, 0.05) is 12.4 Å². The van der Waals surface area contributed by atoms with E-state index in [-0.39, 0.29) is 5.69 Å². The summed E-state index contributed by atoms with van der Waals surface area (Å²) in [6.45, 7) is 0. The maximum absolute atomic E-state index is 12.3. The van der Waals surface area contributed by atoms with E-state index < -0.39 is 11.9 Å². The second-order valence-electron chi connectivity index (χ2n) is 5.35. The van der Waals surface area contributed by atoms with E-state index in [9.17, 15) is 18.0 Å². The first kappa shape index (κ1) is 21.5. The number of rotatable bonds is 2. The number of alkyl halides is 3. The van der Waals surface area contributed by atoms with Gasteiger partial charge in [-0.2, -0.15) is 18.3 Å². The van der Waals surface area contributed by atoms with Crippen molar-refractivity contribution in [3.63, 3.8) is 0 Å². The smallest absolute Gasteiger partial charge is 0.312 e. The van der Waals surface area contributed by atoms with E-state index in [1.165, 1.54) is 6.07 Å². The molecule has 0 saturated heterocycles. The minimum Gasteiger partial charge on any atom is -0.312 e. The quantitative estimate of drug-likeness (QED) is 0.672. The molecule has 26 heavy (non-hydrogen) atoms. The number of H-pyrrole nitrogens is 1. The lowest BCUT2D eigenvalue weighted by Gasteiger charge is -1.99. The number of hydrogen-bond acceptors (Lipinski definition) is 5. The van der Waals surface area contributed by atoms with Crippen molar-refractivity contribution in [2.45, 2.75) is 6.18 Å². The fourth-order valence-electron chi connectivity index (χ4n) is 1.46. The van der Waals surface area contributed by atoms with Crippen LogP contribution in [0.1, 0.15) is 15.4 Å². The van der Waals surface area contributed by atoms with E-state index in [1.807, 2.05) is 49.3 Å². The molecule has 9 heteroatoms. The van der Waals surface area contributed by atoms with Crippen LogP contribution in [0.15, 0.2) is 48.8 Å². The Kier molecular flexibility index (Phi) is 8.66. The van der Waals surface area contributed by atoms with Gasteiger partial charge < -0.3 is 4.90 Å². The highest BCUT2D eigenvalue weighted by molar-refractivity contribution is 7.17. The molecule has 0 spiro atoms. The summed E-state index contributed by atoms with van der Waals surface area (Å²) in [6.07, 6.45) is -0.290. The van der Waals surface area contributed by atoms with Crippen LogP contribution in [0.5, 0.6) is 0 Å². The number of hydrogen-bond donors (Lipinski definition) is 1. The Bertz CT molecular complexity index is 740. The van der Waals surface area contributed by atoms with Gasteiger partial charge >= 0.3 is 6.18 Å². The Balaban J connectivity index is 0.000000278. The van der Waals surface area contributed by atoms with Crippen LogP contribution in [0.3, 0.4) is 0 Å². The molecular weight excluding hydrogens is 365 g/mol. The summed E-state index contributed by atoms with van der Waals surface area (Å²) >= 11 is 1.09. The van der Waals surface area contributed by atoms with E-state index >= 15 is 0 Å². The Morgan fingerprint density at radius 2 is 1.73 bits per heavy atom. The third-order valence-corrected chi connectivity index (χ3v) is 3.48. The van der Waals surface area contributed by atoms with Gasteiger partial charge in [0.2, 0.25) is 0 Å². The normalized spacial score (nSPS) is 10.4. The van der Waals surface area contributed by atoms with Crippen LogP contribution >= 0.6 is 11.3 Å². The molecule has 0 unspecified atom stereocenters. The SMILES string of the molecule is CN(C)C.O=Cc1ccc(-c2cc(C(F)(F)F)[nH]n2)s1.c1ccncc1. The number of pyridine rings is 1. The van der Waals surface area contributed by atoms with Crippen molar-refractivity contribution >= 4 is 17.6 Å². The molecule has 0 atom stereocenters. The summed E-state index contributed by atoms with van der Waals surface area (Å²) in [4.78, 5) is 17.2. The predicted octanol–water partition coefficient (Wildman–Crippen LogP) is 4.23. The Hall–Kier alpha value is -2.52. The Labute approximate surface area is 153 Å². The standard InChI is InChI=1S/C9H5F3N2OS.C5H5N.C3H9N/c10-9(11,12)8-3-6(13-14-8)7-2-1-5(4-15)16-7;1-2-4-6-5-3-1;1-4(2)3/h1-4H,(H,13,14);1-5H;1-3H3. The van der Waals surface area contributed by atoms with Crippen molar-refractivity contribution in [1.82, 2.24) is 20.1 Å². The molecule has 3 aromatic rings. The van der Waals surface area contributed by atoms with E-state index in [1.54, 1.807) is 18.5 Å². The third-order valence-electron chi connectivity index (χ3n) is 2.45. The average molecular weight is 384 g/mol. The zero-order valence-electron chi connectivity index (χ0n) is 14.5. The van der Waals surface area contributed by atoms with Gasteiger partial charge in [0.25, 0.3) is 0 Å². The lowest BCUT2D eigenvalue weighted by Crippen LogP contribution is -2.04. The predicted molar refractivity (Wildman–Crippen MR) is 96.1 cm³/mol. The van der Waals surface area contributed by atoms with Crippen molar-refractivity contribution in [2.75, 3.05) is 21.1 Å². The van der Waals surface area contributed by atoms with Gasteiger partial charge in [-0.25, -0.2) is 0 Å². The van der Waals surface area contributed by atoms with Gasteiger partial charge in [0.15, 0.2) is 6.29 Å². The average Bonchev–Trinajstić information content (AvgIpc) is 3.25. The molecule has 3 rings (SSSR count). The Morgan fingerprint density at radius 3 is 2.08 bits per heavy atom. The van der Waals surface area contributed by atoms with Crippen LogP contribution < -0.4 is 0 Å². The molecular formula is C17H19F3N4OS. The fraction of sp³-hybridized carbons (Fsp3) is 0.235. The maximum Gasteiger partial charge on any atom is 0.432 e. The fourth-order valence-corrected chi connectivity index (χ4v) is 2.24. The highest BCUT2D eigenvalue weighted by atomic mass is 32.1. The number of aromatic nitrogens is 3. The molecule has 3 heterocycles. The van der Waals surface area contributed by atoms with Gasteiger partial charge in [0.05, 0.1) is 9.75 Å². The molecule has 0 aliphatic rings. The number of nitrogens with zero attached hydrogens (tertiary/aromatic N) is 3. The lowest BCUT2D eigenvalue weighted by atomic mass is 10.3. The first-order chi connectivity index (χ1) is 12.2. The first-order valence-electron chi connectivity index (χ1n) is 7.38. The van der Waals surface area contributed by atoms with Crippen molar-refractivity contribution in [3.05, 3.63) is 59.4 Å². The summed E-state index contributed by atoms with van der Waals surface area (Å²) in [5.41, 5.74) is -0.714. The van der Waals surface area contributed by atoms with Crippen LogP contribution in [-0.4, -0.2) is 47.5 Å². The van der Waals surface area contributed by atoms with Crippen molar-refractivity contribution in [2.24, 2.45) is 0 Å². The topological polar surface area (TPSA) is 61.9 Å². The zero-order chi connectivity index (χ0) is 19.6. The monoisotopic (exact) mass is 384 g/mol. The van der Waals surface area contributed by atoms with Crippen molar-refractivity contribution in [1.29, 1.82) is 0 Å². The number of aromatic amines is 1. The largest absolute Gasteiger partial charge is 0.432 e. The summed E-state index contributed by atoms with van der Waals surface area (Å²) in [5.74, 6) is 0. The van der Waals surface area contributed by atoms with Gasteiger partial charge in [-0.05, 0) is 51.5 Å². The minimum atomic E-state index is -4.43. The highest BCUT2D eigenvalue weighted by Gasteiger charge is 2.33. The lowest BCUT2D eigenvalue weighted by molar-refractivity contribution is -0.141. The summed E-state index contributed by atoms with van der Waals surface area (Å²) in [7, 11) is 6.00. The molecule has 1 N–H and O–H groups in total. The van der Waals surface area contributed by atoms with E-state index in [0.29, 0.717) is 16.0 Å². The first-order valence-corrected chi connectivity index (χ1v) is 8.19. The highest BCUT2D eigenvalue weighted by Crippen LogP contribution is 2.32. The van der Waals surface area contributed by atoms with Crippen LogP contribution in [0.25, 0.3) is 10.6 Å². The number of aldehydes is 1. The number of halogens is 3. The number of carbonyl (C=O) groups is 1. The summed E-state index contributed by atoms with van der Waals surface area (Å²) in [5, 5.41) is 5.46. The number of nitrogens with one attached hydrogen (secondary N) is 1. The molecule has 0 fully saturated rings. The van der Waals surface area contributed by atoms with Crippen molar-refractivity contribution in [3.8, 4) is 10.6 Å². The van der Waals surface area contributed by atoms with Crippen LogP contribution in [0.2, 0.25) is 0 Å². The molecule has 0 aromatic carbocycles. The Morgan fingerprint density at radius 1 is 1.12 bits per heavy atom. The molecule has 0 aliphatic heterocycles. The van der Waals surface area contributed by atoms with Gasteiger partial charge in [-0.1, -0.05) is 6.07 Å². The van der Waals surface area contributed by atoms with Gasteiger partial charge in [0.1, 0.15) is 11.4 Å². The van der Waals surface area contributed by atoms with Crippen LogP contribution in [0.4, 0.5) is 13.2 Å². The number of thiophene rings is 1. The molecule has 3 aromatic heterocycles. The molecule has 0 bridgehead atoms. The molecule has 0 radical (unpaired) electrons. The maximum atomic E-state index is 12.3. The van der Waals surface area contributed by atoms with Crippen molar-refractivity contribution < 1.29 is 18.0 Å². The van der Waals surface area contributed by atoms with Crippen LogP contribution in [0, 0.1) is 0 Å². The molecule has 0 aliphatic carbocycles. The third kappa shape index (κ3) is 8.04. The van der Waals surface area contributed by atoms with Gasteiger partial charge in [-0.3, -0.25) is 14.9 Å². The molecule has 5 nitrogen and oxygen atoms in total. The van der Waals surface area contributed by atoms with Crippen LogP contribution in [-0.2, 0) is 6.18 Å². The second kappa shape index (κ2) is 10.5. The van der Waals surface area contributed by atoms with Gasteiger partial charge in [-0.15, -0.1) is 11.3 Å². The van der Waals surface area contributed by atoms with E-state index in [4.69, 9.17) is 0 Å². The number of carbonyl (C=O) groups excluding carboxylic acids is 1.